The topological polar surface area (TPSA) is 92.5 Å². The molecule has 1 aromatic carbocycles. The molecular formula is C23H36FN5O2S. The molecule has 1 aromatic heterocycles. The quantitative estimate of drug-likeness (QED) is 0.256. The number of hydrogen-bond acceptors (Lipinski definition) is 7. The zero-order chi connectivity index (χ0) is 24.5. The molecular weight excluding hydrogens is 429 g/mol. The third-order valence-electron chi connectivity index (χ3n) is 3.69. The van der Waals surface area contributed by atoms with Crippen molar-refractivity contribution in [2.75, 3.05) is 38.2 Å². The fourth-order valence-electron chi connectivity index (χ4n) is 2.15. The number of carbonyl (C=O) groups excluding carboxylic acids is 1. The molecule has 0 aliphatic rings. The van der Waals surface area contributed by atoms with Crippen LogP contribution in [0.5, 0.6) is 5.06 Å². The Labute approximate surface area is 195 Å². The van der Waals surface area contributed by atoms with Gasteiger partial charge in [0.15, 0.2) is 23.2 Å². The number of anilines is 3. The molecule has 2 unspecified atom stereocenters. The molecule has 0 fully saturated rings. The summed E-state index contributed by atoms with van der Waals surface area (Å²) < 4.78 is 19.1. The minimum absolute atomic E-state index is 0.211. The van der Waals surface area contributed by atoms with Crippen LogP contribution < -0.4 is 21.1 Å². The number of nitrogen functional groups attached to an aromatic ring is 1. The second kappa shape index (κ2) is 16.7. The highest BCUT2D eigenvalue weighted by Crippen LogP contribution is 2.35. The first-order valence-corrected chi connectivity index (χ1v) is 11.1. The number of rotatable bonds is 11. The summed E-state index contributed by atoms with van der Waals surface area (Å²) >= 11 is 1.21. The number of benzene rings is 1. The highest BCUT2D eigenvalue weighted by Gasteiger charge is 2.20. The lowest BCUT2D eigenvalue weighted by Crippen LogP contribution is -2.25. The number of aryl methyl sites for hydroxylation is 1. The van der Waals surface area contributed by atoms with E-state index in [1.54, 1.807) is 0 Å². The largest absolute Gasteiger partial charge is 0.470 e. The fourth-order valence-corrected chi connectivity index (χ4v) is 2.95. The van der Waals surface area contributed by atoms with Gasteiger partial charge in [0.05, 0.1) is 0 Å². The van der Waals surface area contributed by atoms with Gasteiger partial charge in [-0.25, -0.2) is 4.39 Å². The maximum atomic E-state index is 13.6. The molecule has 0 spiro atoms. The van der Waals surface area contributed by atoms with Crippen LogP contribution in [0.15, 0.2) is 49.6 Å². The zero-order valence-corrected chi connectivity index (χ0v) is 20.4. The number of aromatic nitrogens is 1. The van der Waals surface area contributed by atoms with Crippen molar-refractivity contribution in [3.05, 3.63) is 55.1 Å². The van der Waals surface area contributed by atoms with E-state index in [4.69, 9.17) is 10.5 Å². The van der Waals surface area contributed by atoms with Gasteiger partial charge in [0.2, 0.25) is 11.5 Å². The van der Waals surface area contributed by atoms with Crippen molar-refractivity contribution in [1.29, 1.82) is 0 Å². The maximum absolute atomic E-state index is 13.6. The normalized spacial score (nSPS) is 11.6. The van der Waals surface area contributed by atoms with Crippen LogP contribution in [-0.2, 0) is 4.79 Å². The Morgan fingerprint density at radius 1 is 1.31 bits per heavy atom. The van der Waals surface area contributed by atoms with Crippen molar-refractivity contribution in [1.82, 2.24) is 15.2 Å². The van der Waals surface area contributed by atoms with Gasteiger partial charge in [-0.3, -0.25) is 4.79 Å². The Bertz CT molecular complexity index is 813. The number of alkyl halides is 1. The van der Waals surface area contributed by atoms with Crippen molar-refractivity contribution in [2.45, 2.75) is 33.0 Å². The van der Waals surface area contributed by atoms with Crippen LogP contribution in [0.25, 0.3) is 0 Å². The number of amides is 1. The standard InChI is InChI=1S/C16H18FN3OS.C5H12N2O.C2H6/c1-4-12(17)13(5-2)21-15-14(18)20-16(22-15)19-11-8-6-7-10(3)9-11;1-7(2)4-3-6-5-8;1-2/h4-9,12-13H,1-2,18H2,3H3,(H,19,20);5H,3-4H2,1-2H3,(H,6,8);1-2H3. The predicted octanol–water partition coefficient (Wildman–Crippen LogP) is 4.56. The van der Waals surface area contributed by atoms with Crippen molar-refractivity contribution in [3.63, 3.8) is 0 Å². The molecule has 4 N–H and O–H groups in total. The lowest BCUT2D eigenvalue weighted by Gasteiger charge is -2.15. The summed E-state index contributed by atoms with van der Waals surface area (Å²) in [7, 11) is 3.93. The minimum Gasteiger partial charge on any atom is -0.470 e. The third-order valence-corrected chi connectivity index (χ3v) is 4.57. The average molecular weight is 466 g/mol. The number of hydrogen-bond donors (Lipinski definition) is 3. The number of nitrogens with zero attached hydrogens (tertiary/aromatic N) is 2. The summed E-state index contributed by atoms with van der Waals surface area (Å²) in [4.78, 5) is 15.9. The van der Waals surface area contributed by atoms with Crippen molar-refractivity contribution in [2.24, 2.45) is 0 Å². The van der Waals surface area contributed by atoms with Crippen LogP contribution in [0.2, 0.25) is 0 Å². The Kier molecular flexibility index (Phi) is 15.2. The monoisotopic (exact) mass is 465 g/mol. The summed E-state index contributed by atoms with van der Waals surface area (Å²) in [6, 6.07) is 7.85. The SMILES string of the molecule is C=CC(F)C(C=C)Oc1sc(Nc2cccc(C)c2)nc1N.CC.CN(C)CCNC=O. The molecule has 0 saturated carbocycles. The molecule has 2 atom stereocenters. The molecule has 0 aliphatic carbocycles. The predicted molar refractivity (Wildman–Crippen MR) is 135 cm³/mol. The van der Waals surface area contributed by atoms with E-state index in [0.717, 1.165) is 30.4 Å². The smallest absolute Gasteiger partial charge is 0.221 e. The zero-order valence-electron chi connectivity index (χ0n) is 19.6. The van der Waals surface area contributed by atoms with E-state index in [1.165, 1.54) is 17.4 Å². The Morgan fingerprint density at radius 3 is 2.53 bits per heavy atom. The van der Waals surface area contributed by atoms with Gasteiger partial charge in [0.1, 0.15) is 0 Å². The van der Waals surface area contributed by atoms with E-state index in [1.807, 2.05) is 64.0 Å². The Balaban J connectivity index is 0.000000814. The Morgan fingerprint density at radius 2 is 2.00 bits per heavy atom. The number of thiazole rings is 1. The van der Waals surface area contributed by atoms with Gasteiger partial charge in [-0.15, -0.1) is 6.58 Å². The van der Waals surface area contributed by atoms with Crippen LogP contribution in [0.3, 0.4) is 0 Å². The average Bonchev–Trinajstić information content (AvgIpc) is 3.11. The molecule has 2 rings (SSSR count). The second-order valence-electron chi connectivity index (χ2n) is 6.56. The Hall–Kier alpha value is -2.91. The molecule has 1 amide bonds. The minimum atomic E-state index is -1.35. The first-order chi connectivity index (χ1) is 15.3. The van der Waals surface area contributed by atoms with Gasteiger partial charge >= 0.3 is 0 Å². The van der Waals surface area contributed by atoms with Gasteiger partial charge in [0.25, 0.3) is 0 Å². The van der Waals surface area contributed by atoms with Gasteiger partial charge < -0.3 is 26.0 Å². The van der Waals surface area contributed by atoms with E-state index < -0.39 is 12.3 Å². The molecule has 0 aliphatic heterocycles. The van der Waals surface area contributed by atoms with Crippen molar-refractivity contribution in [3.8, 4) is 5.06 Å². The number of likely N-dealkylation sites (N-methyl/N-ethyl adjacent to an activating group) is 1. The summed E-state index contributed by atoms with van der Waals surface area (Å²) in [5, 5.41) is 6.64. The number of nitrogens with two attached hydrogens (primary N) is 1. The summed E-state index contributed by atoms with van der Waals surface area (Å²) in [6.07, 6.45) is 1.05. The first-order valence-electron chi connectivity index (χ1n) is 10.3. The van der Waals surface area contributed by atoms with Crippen LogP contribution >= 0.6 is 11.3 Å². The number of halogens is 1. The molecule has 2 aromatic rings. The summed E-state index contributed by atoms with van der Waals surface area (Å²) in [5.41, 5.74) is 7.85. The molecule has 32 heavy (non-hydrogen) atoms. The van der Waals surface area contributed by atoms with Gasteiger partial charge in [-0.2, -0.15) is 4.98 Å². The van der Waals surface area contributed by atoms with Crippen LogP contribution in [-0.4, -0.2) is 55.8 Å². The van der Waals surface area contributed by atoms with E-state index in [9.17, 15) is 9.18 Å². The van der Waals surface area contributed by atoms with Crippen LogP contribution in [0, 0.1) is 6.92 Å². The van der Waals surface area contributed by atoms with Gasteiger partial charge in [0, 0.05) is 18.8 Å². The summed E-state index contributed by atoms with van der Waals surface area (Å²) in [6.45, 7) is 14.6. The molecule has 7 nitrogen and oxygen atoms in total. The van der Waals surface area contributed by atoms with Crippen LogP contribution in [0.4, 0.5) is 21.0 Å². The molecule has 0 radical (unpaired) electrons. The second-order valence-corrected chi connectivity index (χ2v) is 7.52. The van der Waals surface area contributed by atoms with E-state index in [-0.39, 0.29) is 5.82 Å². The van der Waals surface area contributed by atoms with Gasteiger partial charge in [-0.05, 0) is 44.8 Å². The number of carbonyl (C=O) groups is 1. The number of nitrogens with one attached hydrogen (secondary N) is 2. The number of ether oxygens (including phenoxy) is 1. The highest BCUT2D eigenvalue weighted by molar-refractivity contribution is 7.18. The molecule has 1 heterocycles. The lowest BCUT2D eigenvalue weighted by molar-refractivity contribution is -0.109. The van der Waals surface area contributed by atoms with Crippen molar-refractivity contribution >= 4 is 34.4 Å². The first kappa shape index (κ1) is 29.1. The van der Waals surface area contributed by atoms with E-state index in [2.05, 4.69) is 28.8 Å². The highest BCUT2D eigenvalue weighted by atomic mass is 32.1. The van der Waals surface area contributed by atoms with Crippen LogP contribution in [0.1, 0.15) is 19.4 Å². The van der Waals surface area contributed by atoms with Gasteiger partial charge in [-0.1, -0.05) is 50.0 Å². The molecule has 178 valence electrons. The fraction of sp³-hybridized carbons (Fsp3) is 0.391. The van der Waals surface area contributed by atoms with E-state index >= 15 is 0 Å². The van der Waals surface area contributed by atoms with Crippen molar-refractivity contribution < 1.29 is 13.9 Å². The summed E-state index contributed by atoms with van der Waals surface area (Å²) in [5.74, 6) is 0.211. The molecule has 9 heteroatoms. The van der Waals surface area contributed by atoms with E-state index in [0.29, 0.717) is 16.6 Å². The maximum Gasteiger partial charge on any atom is 0.221 e. The molecule has 0 bridgehead atoms. The lowest BCUT2D eigenvalue weighted by atomic mass is 10.2. The molecule has 0 saturated heterocycles. The third kappa shape index (κ3) is 11.5.